The van der Waals surface area contributed by atoms with Crippen molar-refractivity contribution in [1.82, 2.24) is 14.9 Å². The summed E-state index contributed by atoms with van der Waals surface area (Å²) in [7, 11) is 2.04. The summed E-state index contributed by atoms with van der Waals surface area (Å²) in [6.07, 6.45) is 0.889. The number of carbonyl (C=O) groups is 1. The topological polar surface area (TPSA) is 53.6 Å². The second kappa shape index (κ2) is 12.1. The van der Waals surface area contributed by atoms with Crippen LogP contribution in [0.25, 0.3) is 0 Å². The summed E-state index contributed by atoms with van der Waals surface area (Å²) in [6, 6.07) is 0.371. The predicted molar refractivity (Wildman–Crippen MR) is 101 cm³/mol. The Morgan fingerprint density at radius 3 is 2.52 bits per heavy atom. The summed E-state index contributed by atoms with van der Waals surface area (Å²) in [5.74, 6) is 1.74. The van der Waals surface area contributed by atoms with E-state index in [-0.39, 0.29) is 5.91 Å². The van der Waals surface area contributed by atoms with Crippen molar-refractivity contribution in [3.8, 4) is 0 Å². The van der Waals surface area contributed by atoms with Crippen LogP contribution in [0.1, 0.15) is 48.0 Å². The van der Waals surface area contributed by atoms with Crippen LogP contribution in [-0.4, -0.2) is 61.5 Å². The van der Waals surface area contributed by atoms with Gasteiger partial charge in [-0.15, -0.1) is 0 Å². The first kappa shape index (κ1) is 22.7. The average Bonchev–Trinajstić information content (AvgIpc) is 2.46. The molecule has 1 atom stereocenters. The lowest BCUT2D eigenvalue weighted by atomic mass is 10.1. The Hall–Kier alpha value is -0.300. The van der Waals surface area contributed by atoms with Crippen molar-refractivity contribution in [3.63, 3.8) is 0 Å². The molecule has 0 rings (SSSR count). The Labute approximate surface area is 147 Å². The molecule has 0 fully saturated rings. The lowest BCUT2D eigenvalue weighted by Gasteiger charge is -2.26. The third-order valence-electron chi connectivity index (χ3n) is 3.58. The van der Waals surface area contributed by atoms with E-state index >= 15 is 0 Å². The van der Waals surface area contributed by atoms with Crippen LogP contribution in [0.5, 0.6) is 0 Å². The molecule has 0 spiro atoms. The Morgan fingerprint density at radius 1 is 1.30 bits per heavy atom. The van der Waals surface area contributed by atoms with Crippen molar-refractivity contribution < 1.29 is 9.53 Å². The first-order chi connectivity index (χ1) is 10.7. The molecule has 0 radical (unpaired) electrons. The third-order valence-corrected chi connectivity index (χ3v) is 4.98. The number of amides is 1. The van der Waals surface area contributed by atoms with Crippen LogP contribution in [0.3, 0.4) is 0 Å². The van der Waals surface area contributed by atoms with Crippen molar-refractivity contribution in [1.29, 1.82) is 0 Å². The summed E-state index contributed by atoms with van der Waals surface area (Å²) >= 11 is 1.76. The van der Waals surface area contributed by atoms with Gasteiger partial charge in [0.25, 0.3) is 5.91 Å². The third kappa shape index (κ3) is 11.8. The Bertz CT molecular complexity index is 325. The van der Waals surface area contributed by atoms with Gasteiger partial charge in [0.05, 0.1) is 0 Å². The highest BCUT2D eigenvalue weighted by Crippen LogP contribution is 2.11. The number of hydrogen-bond donors (Lipinski definition) is 2. The van der Waals surface area contributed by atoms with Crippen molar-refractivity contribution in [2.45, 2.75) is 59.6 Å². The van der Waals surface area contributed by atoms with Gasteiger partial charge >= 0.3 is 0 Å². The molecule has 23 heavy (non-hydrogen) atoms. The lowest BCUT2D eigenvalue weighted by Crippen LogP contribution is -2.46. The highest BCUT2D eigenvalue weighted by Gasteiger charge is 2.28. The second-order valence-corrected chi connectivity index (χ2v) is 7.88. The molecule has 0 heterocycles. The van der Waals surface area contributed by atoms with Crippen LogP contribution in [-0.2, 0) is 9.53 Å². The smallest absolute Gasteiger partial charge is 0.251 e. The molecule has 0 saturated heterocycles. The maximum atomic E-state index is 12.2. The average molecular weight is 348 g/mol. The van der Waals surface area contributed by atoms with E-state index in [0.717, 1.165) is 25.3 Å². The highest BCUT2D eigenvalue weighted by atomic mass is 32.2. The zero-order chi connectivity index (χ0) is 17.9. The van der Waals surface area contributed by atoms with Gasteiger partial charge < -0.3 is 15.0 Å². The minimum atomic E-state index is -0.782. The van der Waals surface area contributed by atoms with Crippen molar-refractivity contribution in [2.24, 2.45) is 5.92 Å². The van der Waals surface area contributed by atoms with Gasteiger partial charge in [0, 0.05) is 31.5 Å². The number of nitrogens with zero attached hydrogens (tertiary/aromatic N) is 1. The molecular weight excluding hydrogens is 310 g/mol. The summed E-state index contributed by atoms with van der Waals surface area (Å²) in [6.45, 7) is 15.4. The predicted octanol–water partition coefficient (Wildman–Crippen LogP) is 2.52. The van der Waals surface area contributed by atoms with E-state index in [2.05, 4.69) is 42.6 Å². The number of ether oxygens (including phenoxy) is 1. The molecule has 1 unspecified atom stereocenters. The van der Waals surface area contributed by atoms with Gasteiger partial charge in [0.2, 0.25) is 0 Å². The van der Waals surface area contributed by atoms with E-state index in [1.54, 1.807) is 11.9 Å². The van der Waals surface area contributed by atoms with Crippen LogP contribution in [0.4, 0.5) is 0 Å². The molecule has 2 N–H and O–H groups in total. The summed E-state index contributed by atoms with van der Waals surface area (Å²) < 4.78 is 9.21. The molecule has 0 aromatic heterocycles. The first-order valence-corrected chi connectivity index (χ1v) is 9.65. The molecule has 5 nitrogen and oxygen atoms in total. The van der Waals surface area contributed by atoms with E-state index in [1.165, 1.54) is 0 Å². The number of hydrogen-bond acceptors (Lipinski definition) is 5. The van der Waals surface area contributed by atoms with Crippen LogP contribution < -0.4 is 10.0 Å². The van der Waals surface area contributed by atoms with Crippen LogP contribution in [0, 0.1) is 5.92 Å². The number of rotatable bonds is 13. The standard InChI is InChI=1S/C17H37N3O2S/c1-8-20(7)11-10-18-16(21)17(5,6)22-12-9-15(4)19-23-13-14(2)3/h14-15,19H,8-13H2,1-7H3,(H,18,21). The lowest BCUT2D eigenvalue weighted by molar-refractivity contribution is -0.143. The van der Waals surface area contributed by atoms with Gasteiger partial charge in [-0.1, -0.05) is 32.7 Å². The quantitative estimate of drug-likeness (QED) is 0.502. The first-order valence-electron chi connectivity index (χ1n) is 8.67. The molecule has 0 aliphatic heterocycles. The highest BCUT2D eigenvalue weighted by molar-refractivity contribution is 7.97. The Morgan fingerprint density at radius 2 is 1.96 bits per heavy atom. The second-order valence-electron chi connectivity index (χ2n) is 7.02. The monoisotopic (exact) mass is 347 g/mol. The van der Waals surface area contributed by atoms with Crippen LogP contribution >= 0.6 is 11.9 Å². The molecule has 0 aliphatic rings. The minimum absolute atomic E-state index is 0.0446. The van der Waals surface area contributed by atoms with Crippen LogP contribution in [0.15, 0.2) is 0 Å². The van der Waals surface area contributed by atoms with Gasteiger partial charge in [-0.2, -0.15) is 0 Å². The molecule has 6 heteroatoms. The minimum Gasteiger partial charge on any atom is -0.366 e. The fourth-order valence-corrected chi connectivity index (χ4v) is 2.54. The number of carbonyl (C=O) groups excluding carboxylic acids is 1. The molecule has 138 valence electrons. The molecule has 0 aromatic carbocycles. The van der Waals surface area contributed by atoms with E-state index in [1.807, 2.05) is 20.9 Å². The van der Waals surface area contributed by atoms with Crippen molar-refractivity contribution in [3.05, 3.63) is 0 Å². The van der Waals surface area contributed by atoms with Crippen LogP contribution in [0.2, 0.25) is 0 Å². The van der Waals surface area contributed by atoms with Gasteiger partial charge in [0.15, 0.2) is 0 Å². The summed E-state index contributed by atoms with van der Waals surface area (Å²) in [5, 5.41) is 2.95. The zero-order valence-corrected chi connectivity index (χ0v) is 16.9. The van der Waals surface area contributed by atoms with Crippen molar-refractivity contribution in [2.75, 3.05) is 39.0 Å². The normalized spacial score (nSPS) is 13.6. The number of likely N-dealkylation sites (N-methyl/N-ethyl adjacent to an activating group) is 1. The molecule has 0 aromatic rings. The zero-order valence-electron chi connectivity index (χ0n) is 16.1. The van der Waals surface area contributed by atoms with Gasteiger partial charge in [-0.25, -0.2) is 0 Å². The fourth-order valence-electron chi connectivity index (χ4n) is 1.70. The van der Waals surface area contributed by atoms with Crippen molar-refractivity contribution >= 4 is 17.9 Å². The Kier molecular flexibility index (Phi) is 12.0. The van der Waals surface area contributed by atoms with E-state index in [4.69, 9.17) is 4.74 Å². The maximum absolute atomic E-state index is 12.2. The SMILES string of the molecule is CCN(C)CCNC(=O)C(C)(C)OCCC(C)NSCC(C)C. The van der Waals surface area contributed by atoms with E-state index in [9.17, 15) is 4.79 Å². The maximum Gasteiger partial charge on any atom is 0.251 e. The van der Waals surface area contributed by atoms with Gasteiger partial charge in [-0.05, 0) is 46.7 Å². The molecule has 0 bridgehead atoms. The van der Waals surface area contributed by atoms with E-state index < -0.39 is 5.60 Å². The summed E-state index contributed by atoms with van der Waals surface area (Å²) in [4.78, 5) is 14.3. The fraction of sp³-hybridized carbons (Fsp3) is 0.941. The molecular formula is C17H37N3O2S. The van der Waals surface area contributed by atoms with Gasteiger partial charge in [-0.3, -0.25) is 9.52 Å². The number of nitrogens with one attached hydrogen (secondary N) is 2. The Balaban J connectivity index is 3.90. The largest absolute Gasteiger partial charge is 0.366 e. The summed E-state index contributed by atoms with van der Waals surface area (Å²) in [5.41, 5.74) is -0.782. The molecule has 1 amide bonds. The van der Waals surface area contributed by atoms with E-state index in [0.29, 0.717) is 25.1 Å². The molecule has 0 saturated carbocycles. The van der Waals surface area contributed by atoms with Gasteiger partial charge in [0.1, 0.15) is 5.60 Å². The molecule has 0 aliphatic carbocycles.